The van der Waals surface area contributed by atoms with Crippen LogP contribution >= 0.6 is 11.6 Å². The van der Waals surface area contributed by atoms with Crippen molar-refractivity contribution in [2.75, 3.05) is 5.32 Å². The highest BCUT2D eigenvalue weighted by atomic mass is 35.5. The molecule has 54 valence electrons. The van der Waals surface area contributed by atoms with Gasteiger partial charge in [0.2, 0.25) is 6.41 Å². The van der Waals surface area contributed by atoms with E-state index in [4.69, 9.17) is 11.6 Å². The third-order valence-corrected chi connectivity index (χ3v) is 1.24. The normalized spacial score (nSPS) is 9.40. The average Bonchev–Trinajstić information content (AvgIpc) is 2.13. The largest absolute Gasteiger partial charge is 0.314 e. The van der Waals surface area contributed by atoms with Gasteiger partial charge in [0.05, 0.1) is 0 Å². The van der Waals surface area contributed by atoms with E-state index in [0.29, 0.717) is 17.4 Å². The third-order valence-electron chi connectivity index (χ3n) is 1.06. The van der Waals surface area contributed by atoms with Gasteiger partial charge in [-0.2, -0.15) is 5.10 Å². The highest BCUT2D eigenvalue weighted by Gasteiger charge is 1.99. The summed E-state index contributed by atoms with van der Waals surface area (Å²) in [6.45, 7) is 0. The van der Waals surface area contributed by atoms with Crippen molar-refractivity contribution in [3.8, 4) is 0 Å². The van der Waals surface area contributed by atoms with Crippen LogP contribution in [0.4, 0.5) is 5.82 Å². The van der Waals surface area contributed by atoms with Crippen molar-refractivity contribution in [1.29, 1.82) is 0 Å². The molecule has 1 amide bonds. The molecule has 0 aliphatic rings. The maximum Gasteiger partial charge on any atom is 0.212 e. The van der Waals surface area contributed by atoms with Crippen molar-refractivity contribution < 1.29 is 4.79 Å². The van der Waals surface area contributed by atoms with Crippen molar-refractivity contribution in [3.05, 3.63) is 11.2 Å². The van der Waals surface area contributed by atoms with Crippen molar-refractivity contribution in [3.63, 3.8) is 0 Å². The summed E-state index contributed by atoms with van der Waals surface area (Å²) < 4.78 is 1.48. The first kappa shape index (κ1) is 7.08. The lowest BCUT2D eigenvalue weighted by Gasteiger charge is -1.94. The summed E-state index contributed by atoms with van der Waals surface area (Å²) >= 11 is 5.51. The lowest BCUT2D eigenvalue weighted by molar-refractivity contribution is -0.105. The smallest absolute Gasteiger partial charge is 0.212 e. The molecule has 10 heavy (non-hydrogen) atoms. The average molecular weight is 160 g/mol. The number of aromatic nitrogens is 2. The SMILES string of the molecule is Cn1nc(Cl)cc1NC=O. The van der Waals surface area contributed by atoms with Crippen molar-refractivity contribution in [2.24, 2.45) is 7.05 Å². The first-order chi connectivity index (χ1) is 4.74. The van der Waals surface area contributed by atoms with Crippen LogP contribution in [-0.4, -0.2) is 16.2 Å². The Kier molecular flexibility index (Phi) is 1.91. The summed E-state index contributed by atoms with van der Waals surface area (Å²) in [6, 6.07) is 1.57. The molecule has 1 rings (SSSR count). The molecule has 0 spiro atoms. The van der Waals surface area contributed by atoms with Gasteiger partial charge in [-0.05, 0) is 0 Å². The molecule has 0 bridgehead atoms. The monoisotopic (exact) mass is 159 g/mol. The van der Waals surface area contributed by atoms with E-state index in [-0.39, 0.29) is 0 Å². The van der Waals surface area contributed by atoms with Crippen molar-refractivity contribution in [2.45, 2.75) is 0 Å². The molecule has 0 aromatic carbocycles. The second-order valence-electron chi connectivity index (χ2n) is 1.74. The number of nitrogens with zero attached hydrogens (tertiary/aromatic N) is 2. The second kappa shape index (κ2) is 2.70. The van der Waals surface area contributed by atoms with E-state index in [1.807, 2.05) is 0 Å². The Hall–Kier alpha value is -1.03. The molecule has 0 saturated carbocycles. The molecule has 0 fully saturated rings. The number of nitrogens with one attached hydrogen (secondary N) is 1. The first-order valence-electron chi connectivity index (χ1n) is 2.64. The fourth-order valence-electron chi connectivity index (χ4n) is 0.628. The fraction of sp³-hybridized carbons (Fsp3) is 0.200. The molecule has 0 saturated heterocycles. The van der Waals surface area contributed by atoms with Crippen LogP contribution in [0.2, 0.25) is 5.15 Å². The van der Waals surface area contributed by atoms with Gasteiger partial charge in [-0.25, -0.2) is 0 Å². The molecular weight excluding hydrogens is 154 g/mol. The Balaban J connectivity index is 2.91. The number of carbonyl (C=O) groups excluding carboxylic acids is 1. The van der Waals surface area contributed by atoms with E-state index in [1.165, 1.54) is 4.68 Å². The number of halogens is 1. The lowest BCUT2D eigenvalue weighted by Crippen LogP contribution is -2.00. The highest BCUT2D eigenvalue weighted by Crippen LogP contribution is 2.11. The molecule has 0 aliphatic heterocycles. The molecule has 0 atom stereocenters. The Labute approximate surface area is 62.8 Å². The number of aryl methyl sites for hydroxylation is 1. The van der Waals surface area contributed by atoms with Crippen LogP contribution < -0.4 is 5.32 Å². The molecule has 0 radical (unpaired) electrons. The number of hydrogen-bond acceptors (Lipinski definition) is 2. The summed E-state index contributed by atoms with van der Waals surface area (Å²) in [5, 5.41) is 6.59. The maximum absolute atomic E-state index is 9.94. The van der Waals surface area contributed by atoms with E-state index < -0.39 is 0 Å². The van der Waals surface area contributed by atoms with Gasteiger partial charge in [0.25, 0.3) is 0 Å². The van der Waals surface area contributed by atoms with Gasteiger partial charge >= 0.3 is 0 Å². The molecule has 1 heterocycles. The summed E-state index contributed by atoms with van der Waals surface area (Å²) in [6.07, 6.45) is 0.577. The number of anilines is 1. The molecule has 1 N–H and O–H groups in total. The van der Waals surface area contributed by atoms with Crippen LogP contribution in [0.3, 0.4) is 0 Å². The number of carbonyl (C=O) groups is 1. The molecule has 5 heteroatoms. The van der Waals surface area contributed by atoms with Crippen LogP contribution in [0.25, 0.3) is 0 Å². The van der Waals surface area contributed by atoms with Gasteiger partial charge in [-0.1, -0.05) is 11.6 Å². The predicted octanol–water partition coefficient (Wildman–Crippen LogP) is 0.642. The summed E-state index contributed by atoms with van der Waals surface area (Å²) in [5.74, 6) is 0.583. The van der Waals surface area contributed by atoms with Crippen LogP contribution in [0.1, 0.15) is 0 Å². The van der Waals surface area contributed by atoms with Crippen molar-refractivity contribution >= 4 is 23.8 Å². The molecule has 0 aliphatic carbocycles. The van der Waals surface area contributed by atoms with Gasteiger partial charge in [0, 0.05) is 13.1 Å². The maximum atomic E-state index is 9.94. The third kappa shape index (κ3) is 1.27. The minimum Gasteiger partial charge on any atom is -0.314 e. The molecule has 0 unspecified atom stereocenters. The van der Waals surface area contributed by atoms with Gasteiger partial charge in [-0.15, -0.1) is 0 Å². The Morgan fingerprint density at radius 2 is 2.60 bits per heavy atom. The lowest BCUT2D eigenvalue weighted by atomic mass is 10.6. The number of hydrogen-bond donors (Lipinski definition) is 1. The predicted molar refractivity (Wildman–Crippen MR) is 37.9 cm³/mol. The van der Waals surface area contributed by atoms with Gasteiger partial charge in [-0.3, -0.25) is 9.48 Å². The Bertz CT molecular complexity index is 245. The zero-order chi connectivity index (χ0) is 7.56. The Morgan fingerprint density at radius 1 is 1.90 bits per heavy atom. The van der Waals surface area contributed by atoms with E-state index in [1.54, 1.807) is 13.1 Å². The Morgan fingerprint density at radius 3 is 3.00 bits per heavy atom. The van der Waals surface area contributed by atoms with Crippen LogP contribution in [-0.2, 0) is 11.8 Å². The molecule has 4 nitrogen and oxygen atoms in total. The van der Waals surface area contributed by atoms with Crippen LogP contribution in [0, 0.1) is 0 Å². The van der Waals surface area contributed by atoms with E-state index in [9.17, 15) is 4.79 Å². The second-order valence-corrected chi connectivity index (χ2v) is 2.13. The highest BCUT2D eigenvalue weighted by molar-refractivity contribution is 6.29. The van der Waals surface area contributed by atoms with Crippen LogP contribution in [0.5, 0.6) is 0 Å². The minimum absolute atomic E-state index is 0.367. The molecule has 1 aromatic heterocycles. The van der Waals surface area contributed by atoms with Crippen molar-refractivity contribution in [1.82, 2.24) is 9.78 Å². The van der Waals surface area contributed by atoms with E-state index in [0.717, 1.165) is 0 Å². The number of rotatable bonds is 2. The molecular formula is C5H6ClN3O. The topological polar surface area (TPSA) is 46.9 Å². The summed E-state index contributed by atoms with van der Waals surface area (Å²) in [5.41, 5.74) is 0. The molecule has 1 aromatic rings. The van der Waals surface area contributed by atoms with Crippen LogP contribution in [0.15, 0.2) is 6.07 Å². The summed E-state index contributed by atoms with van der Waals surface area (Å²) in [4.78, 5) is 9.94. The zero-order valence-corrected chi connectivity index (χ0v) is 6.09. The minimum atomic E-state index is 0.367. The van der Waals surface area contributed by atoms with E-state index >= 15 is 0 Å². The first-order valence-corrected chi connectivity index (χ1v) is 3.01. The van der Waals surface area contributed by atoms with Gasteiger partial charge in [0.15, 0.2) is 5.15 Å². The zero-order valence-electron chi connectivity index (χ0n) is 5.34. The quantitative estimate of drug-likeness (QED) is 0.644. The fourth-order valence-corrected chi connectivity index (χ4v) is 0.844. The number of amides is 1. The van der Waals surface area contributed by atoms with Gasteiger partial charge in [0.1, 0.15) is 5.82 Å². The van der Waals surface area contributed by atoms with Gasteiger partial charge < -0.3 is 5.32 Å². The van der Waals surface area contributed by atoms with E-state index in [2.05, 4.69) is 10.4 Å². The summed E-state index contributed by atoms with van der Waals surface area (Å²) in [7, 11) is 1.69. The standard InChI is InChI=1S/C5H6ClN3O/c1-9-5(7-3-10)2-4(6)8-9/h2-3H,1H3,(H,7,10).